The Hall–Kier alpha value is -0.800. The predicted molar refractivity (Wildman–Crippen MR) is 58.4 cm³/mol. The molecule has 1 aliphatic rings. The second-order valence-electron chi connectivity index (χ2n) is 3.60. The number of nitrogens with one attached hydrogen (secondary N) is 1. The highest BCUT2D eigenvalue weighted by molar-refractivity contribution is 6.31. The van der Waals surface area contributed by atoms with E-state index in [1.807, 2.05) is 12.1 Å². The van der Waals surface area contributed by atoms with Crippen LogP contribution in [0.5, 0.6) is 0 Å². The van der Waals surface area contributed by atoms with Crippen LogP contribution in [0.3, 0.4) is 0 Å². The molecule has 1 saturated carbocycles. The predicted octanol–water partition coefficient (Wildman–Crippen LogP) is 2.16. The number of halogens is 1. The number of hydrogen-bond donors (Lipinski definition) is 2. The Morgan fingerprint density at radius 3 is 2.86 bits per heavy atom. The van der Waals surface area contributed by atoms with Crippen LogP contribution in [0.1, 0.15) is 25.0 Å². The quantitative estimate of drug-likeness (QED) is 0.806. The monoisotopic (exact) mass is 211 g/mol. The lowest BCUT2D eigenvalue weighted by molar-refractivity contribution is 0.444. The molecule has 0 saturated heterocycles. The third-order valence-corrected chi connectivity index (χ3v) is 2.91. The Morgan fingerprint density at radius 2 is 2.29 bits per heavy atom. The van der Waals surface area contributed by atoms with Crippen LogP contribution < -0.4 is 11.1 Å². The van der Waals surface area contributed by atoms with Gasteiger partial charge in [-0.25, -0.2) is 4.98 Å². The molecule has 1 heterocycles. The van der Waals surface area contributed by atoms with Gasteiger partial charge in [-0.2, -0.15) is 0 Å². The standard InChI is InChI=1S/C10H14ClN3/c11-8-4-5-10(14-9(8)6-12)13-7-2-1-3-7/h4-5,7H,1-3,6,12H2,(H,13,14). The Labute approximate surface area is 88.7 Å². The summed E-state index contributed by atoms with van der Waals surface area (Å²) in [6, 6.07) is 4.34. The molecule has 0 spiro atoms. The molecule has 0 amide bonds. The SMILES string of the molecule is NCc1nc(NC2CCC2)ccc1Cl. The van der Waals surface area contributed by atoms with Gasteiger partial charge in [-0.05, 0) is 31.4 Å². The molecule has 0 atom stereocenters. The summed E-state index contributed by atoms with van der Waals surface area (Å²) in [5, 5.41) is 4.00. The fourth-order valence-corrected chi connectivity index (χ4v) is 1.65. The first-order chi connectivity index (χ1) is 6.79. The molecule has 3 nitrogen and oxygen atoms in total. The molecule has 0 bridgehead atoms. The zero-order chi connectivity index (χ0) is 9.97. The maximum atomic E-state index is 5.91. The van der Waals surface area contributed by atoms with Crippen molar-refractivity contribution in [3.63, 3.8) is 0 Å². The lowest BCUT2D eigenvalue weighted by Gasteiger charge is -2.27. The summed E-state index contributed by atoms with van der Waals surface area (Å²) >= 11 is 5.91. The Kier molecular flexibility index (Phi) is 2.89. The molecule has 3 N–H and O–H groups in total. The van der Waals surface area contributed by atoms with Gasteiger partial charge in [0.05, 0.1) is 10.7 Å². The molecule has 14 heavy (non-hydrogen) atoms. The fraction of sp³-hybridized carbons (Fsp3) is 0.500. The van der Waals surface area contributed by atoms with Gasteiger partial charge in [0.25, 0.3) is 0 Å². The van der Waals surface area contributed by atoms with Crippen molar-refractivity contribution in [3.05, 3.63) is 22.8 Å². The van der Waals surface area contributed by atoms with Crippen molar-refractivity contribution < 1.29 is 0 Å². The van der Waals surface area contributed by atoms with E-state index in [2.05, 4.69) is 10.3 Å². The molecule has 0 radical (unpaired) electrons. The fourth-order valence-electron chi connectivity index (χ4n) is 1.47. The first-order valence-corrected chi connectivity index (χ1v) is 5.29. The van der Waals surface area contributed by atoms with Gasteiger partial charge in [0.1, 0.15) is 5.82 Å². The highest BCUT2D eigenvalue weighted by Crippen LogP contribution is 2.23. The normalized spacial score (nSPS) is 16.4. The number of pyridine rings is 1. The number of anilines is 1. The first-order valence-electron chi connectivity index (χ1n) is 4.91. The van der Waals surface area contributed by atoms with Crippen molar-refractivity contribution in [2.45, 2.75) is 31.8 Å². The largest absolute Gasteiger partial charge is 0.367 e. The molecule has 0 aromatic carbocycles. The van der Waals surface area contributed by atoms with E-state index in [-0.39, 0.29) is 0 Å². The number of nitrogens with zero attached hydrogens (tertiary/aromatic N) is 1. The van der Waals surface area contributed by atoms with E-state index in [1.54, 1.807) is 0 Å². The molecule has 1 aromatic rings. The van der Waals surface area contributed by atoms with Gasteiger partial charge in [0.2, 0.25) is 0 Å². The van der Waals surface area contributed by atoms with Crippen LogP contribution in [0.2, 0.25) is 5.02 Å². The molecule has 1 aliphatic carbocycles. The summed E-state index contributed by atoms with van der Waals surface area (Å²) in [6.07, 6.45) is 3.79. The summed E-state index contributed by atoms with van der Waals surface area (Å²) in [5.41, 5.74) is 6.28. The zero-order valence-electron chi connectivity index (χ0n) is 7.96. The Bertz CT molecular complexity index is 323. The minimum Gasteiger partial charge on any atom is -0.367 e. The van der Waals surface area contributed by atoms with Crippen LogP contribution >= 0.6 is 11.6 Å². The van der Waals surface area contributed by atoms with Crippen LogP contribution in [0.4, 0.5) is 5.82 Å². The maximum absolute atomic E-state index is 5.91. The molecule has 76 valence electrons. The van der Waals surface area contributed by atoms with E-state index in [0.29, 0.717) is 17.6 Å². The second kappa shape index (κ2) is 4.15. The van der Waals surface area contributed by atoms with Gasteiger partial charge in [-0.1, -0.05) is 11.6 Å². The summed E-state index contributed by atoms with van der Waals surface area (Å²) in [4.78, 5) is 4.34. The average Bonchev–Trinajstić information content (AvgIpc) is 2.14. The van der Waals surface area contributed by atoms with Gasteiger partial charge < -0.3 is 11.1 Å². The summed E-state index contributed by atoms with van der Waals surface area (Å²) in [5.74, 6) is 0.888. The van der Waals surface area contributed by atoms with E-state index in [1.165, 1.54) is 19.3 Å². The third kappa shape index (κ3) is 1.99. The summed E-state index contributed by atoms with van der Waals surface area (Å²) in [7, 11) is 0. The van der Waals surface area contributed by atoms with Crippen molar-refractivity contribution in [2.24, 2.45) is 5.73 Å². The van der Waals surface area contributed by atoms with E-state index in [9.17, 15) is 0 Å². The third-order valence-electron chi connectivity index (χ3n) is 2.57. The van der Waals surface area contributed by atoms with Gasteiger partial charge in [0, 0.05) is 12.6 Å². The molecular formula is C10H14ClN3. The van der Waals surface area contributed by atoms with Gasteiger partial charge >= 0.3 is 0 Å². The number of hydrogen-bond acceptors (Lipinski definition) is 3. The average molecular weight is 212 g/mol. The van der Waals surface area contributed by atoms with Crippen molar-refractivity contribution >= 4 is 17.4 Å². The topological polar surface area (TPSA) is 50.9 Å². The lowest BCUT2D eigenvalue weighted by atomic mass is 9.93. The lowest BCUT2D eigenvalue weighted by Crippen LogP contribution is -2.27. The number of aromatic nitrogens is 1. The molecule has 0 unspecified atom stereocenters. The van der Waals surface area contributed by atoms with E-state index in [0.717, 1.165) is 11.5 Å². The number of nitrogens with two attached hydrogens (primary N) is 1. The van der Waals surface area contributed by atoms with Crippen LogP contribution in [-0.4, -0.2) is 11.0 Å². The molecular weight excluding hydrogens is 198 g/mol. The Balaban J connectivity index is 2.09. The second-order valence-corrected chi connectivity index (χ2v) is 4.01. The molecule has 4 heteroatoms. The van der Waals surface area contributed by atoms with E-state index in [4.69, 9.17) is 17.3 Å². The smallest absolute Gasteiger partial charge is 0.126 e. The van der Waals surface area contributed by atoms with Gasteiger partial charge in [-0.15, -0.1) is 0 Å². The first kappa shape index (κ1) is 9.74. The highest BCUT2D eigenvalue weighted by Gasteiger charge is 2.17. The van der Waals surface area contributed by atoms with Crippen molar-refractivity contribution in [1.29, 1.82) is 0 Å². The highest BCUT2D eigenvalue weighted by atomic mass is 35.5. The minimum absolute atomic E-state index is 0.388. The summed E-state index contributed by atoms with van der Waals surface area (Å²) in [6.45, 7) is 0.388. The van der Waals surface area contributed by atoms with Crippen molar-refractivity contribution in [3.8, 4) is 0 Å². The molecule has 2 rings (SSSR count). The molecule has 1 aromatic heterocycles. The maximum Gasteiger partial charge on any atom is 0.126 e. The molecule has 1 fully saturated rings. The van der Waals surface area contributed by atoms with Gasteiger partial charge in [0.15, 0.2) is 0 Å². The van der Waals surface area contributed by atoms with E-state index >= 15 is 0 Å². The van der Waals surface area contributed by atoms with E-state index < -0.39 is 0 Å². The van der Waals surface area contributed by atoms with Crippen molar-refractivity contribution in [1.82, 2.24) is 4.98 Å². The minimum atomic E-state index is 0.388. The Morgan fingerprint density at radius 1 is 1.50 bits per heavy atom. The molecule has 0 aliphatic heterocycles. The van der Waals surface area contributed by atoms with Crippen LogP contribution in [0.25, 0.3) is 0 Å². The van der Waals surface area contributed by atoms with Crippen LogP contribution in [-0.2, 0) is 6.54 Å². The van der Waals surface area contributed by atoms with Crippen LogP contribution in [0, 0.1) is 0 Å². The van der Waals surface area contributed by atoms with Gasteiger partial charge in [-0.3, -0.25) is 0 Å². The number of rotatable bonds is 3. The van der Waals surface area contributed by atoms with Crippen molar-refractivity contribution in [2.75, 3.05) is 5.32 Å². The summed E-state index contributed by atoms with van der Waals surface area (Å²) < 4.78 is 0. The zero-order valence-corrected chi connectivity index (χ0v) is 8.72. The van der Waals surface area contributed by atoms with Crippen LogP contribution in [0.15, 0.2) is 12.1 Å².